The smallest absolute Gasteiger partial charge is 0.275 e. The Morgan fingerprint density at radius 1 is 1.35 bits per heavy atom. The van der Waals surface area contributed by atoms with Gasteiger partial charge in [0.25, 0.3) is 5.91 Å². The Bertz CT molecular complexity index is 826. The first-order chi connectivity index (χ1) is 12.4. The highest BCUT2D eigenvalue weighted by atomic mass is 16.5. The lowest BCUT2D eigenvalue weighted by molar-refractivity contribution is -0.137. The van der Waals surface area contributed by atoms with Crippen LogP contribution < -0.4 is 10.1 Å². The summed E-state index contributed by atoms with van der Waals surface area (Å²) >= 11 is 0. The number of ether oxygens (including phenoxy) is 1. The van der Waals surface area contributed by atoms with Gasteiger partial charge in [-0.1, -0.05) is 18.2 Å². The number of hydrogen-bond acceptors (Lipinski definition) is 4. The molecule has 1 aliphatic rings. The fourth-order valence-corrected chi connectivity index (χ4v) is 3.14. The molecule has 7 heteroatoms. The molecule has 0 saturated carbocycles. The number of likely N-dealkylation sites (tertiary alicyclic amines) is 1. The molecule has 0 radical (unpaired) electrons. The number of carbonyl (C=O) groups is 2. The fourth-order valence-electron chi connectivity index (χ4n) is 3.14. The van der Waals surface area contributed by atoms with E-state index in [4.69, 9.17) is 4.74 Å². The van der Waals surface area contributed by atoms with Gasteiger partial charge in [0.1, 0.15) is 11.3 Å². The summed E-state index contributed by atoms with van der Waals surface area (Å²) in [5.41, 5.74) is 1.30. The highest BCUT2D eigenvalue weighted by Crippen LogP contribution is 2.32. The Morgan fingerprint density at radius 3 is 2.65 bits per heavy atom. The maximum atomic E-state index is 12.8. The largest absolute Gasteiger partial charge is 0.496 e. The Labute approximate surface area is 152 Å². The number of aromatic nitrogens is 2. The quantitative estimate of drug-likeness (QED) is 0.884. The van der Waals surface area contributed by atoms with Crippen LogP contribution in [0.1, 0.15) is 35.1 Å². The molecule has 0 spiro atoms. The van der Waals surface area contributed by atoms with Crippen LogP contribution in [0.4, 0.5) is 0 Å². The van der Waals surface area contributed by atoms with E-state index in [0.717, 1.165) is 17.0 Å². The zero-order chi connectivity index (χ0) is 18.9. The van der Waals surface area contributed by atoms with Gasteiger partial charge in [0, 0.05) is 31.4 Å². The summed E-state index contributed by atoms with van der Waals surface area (Å²) < 4.78 is 6.97. The van der Waals surface area contributed by atoms with Crippen LogP contribution in [0.25, 0.3) is 0 Å². The van der Waals surface area contributed by atoms with Crippen LogP contribution in [0.15, 0.2) is 30.3 Å². The van der Waals surface area contributed by atoms with E-state index in [-0.39, 0.29) is 11.8 Å². The molecular weight excluding hydrogens is 332 g/mol. The molecule has 1 fully saturated rings. The number of nitrogens with one attached hydrogen (secondary N) is 1. The minimum Gasteiger partial charge on any atom is -0.496 e. The second-order valence-corrected chi connectivity index (χ2v) is 6.77. The molecule has 0 aliphatic carbocycles. The van der Waals surface area contributed by atoms with E-state index in [1.54, 1.807) is 36.7 Å². The topological polar surface area (TPSA) is 76.5 Å². The standard InChI is InChI=1S/C19H24N4O3/c1-13-11-15(21-22(13)3)17(24)23-10-9-19(23,2)18(25)20-12-14-7-5-6-8-16(14)26-4/h5-8,11H,9-10,12H2,1-4H3,(H,20,25). The van der Waals surface area contributed by atoms with Gasteiger partial charge >= 0.3 is 0 Å². The average Bonchev–Trinajstić information content (AvgIpc) is 2.97. The molecule has 2 amide bonds. The summed E-state index contributed by atoms with van der Waals surface area (Å²) in [4.78, 5) is 27.1. The second kappa shape index (κ2) is 6.82. The molecule has 7 nitrogen and oxygen atoms in total. The summed E-state index contributed by atoms with van der Waals surface area (Å²) in [5, 5.41) is 7.16. The van der Waals surface area contributed by atoms with E-state index >= 15 is 0 Å². The predicted octanol–water partition coefficient (Wildman–Crippen LogP) is 1.66. The van der Waals surface area contributed by atoms with Crippen molar-refractivity contribution in [2.45, 2.75) is 32.4 Å². The van der Waals surface area contributed by atoms with Gasteiger partial charge in [-0.15, -0.1) is 0 Å². The number of amides is 2. The minimum atomic E-state index is -0.857. The summed E-state index contributed by atoms with van der Waals surface area (Å²) in [7, 11) is 3.39. The van der Waals surface area contributed by atoms with E-state index in [0.29, 0.717) is 25.2 Å². The van der Waals surface area contributed by atoms with Gasteiger partial charge in [-0.2, -0.15) is 5.10 Å². The third kappa shape index (κ3) is 3.05. The van der Waals surface area contributed by atoms with Gasteiger partial charge in [-0.3, -0.25) is 14.3 Å². The average molecular weight is 356 g/mol. The van der Waals surface area contributed by atoms with Crippen molar-refractivity contribution in [3.05, 3.63) is 47.3 Å². The maximum Gasteiger partial charge on any atom is 0.275 e. The zero-order valence-electron chi connectivity index (χ0n) is 15.6. The number of hydrogen-bond donors (Lipinski definition) is 1. The van der Waals surface area contributed by atoms with E-state index < -0.39 is 5.54 Å². The highest BCUT2D eigenvalue weighted by molar-refractivity contribution is 5.99. The van der Waals surface area contributed by atoms with Crippen LogP contribution in [0.5, 0.6) is 5.75 Å². The van der Waals surface area contributed by atoms with Gasteiger partial charge < -0.3 is 15.0 Å². The Balaban J connectivity index is 1.69. The van der Waals surface area contributed by atoms with Crippen molar-refractivity contribution >= 4 is 11.8 Å². The summed E-state index contributed by atoms with van der Waals surface area (Å²) in [6.07, 6.45) is 0.627. The zero-order valence-corrected chi connectivity index (χ0v) is 15.6. The van der Waals surface area contributed by atoms with Gasteiger partial charge in [0.2, 0.25) is 5.91 Å². The lowest BCUT2D eigenvalue weighted by Crippen LogP contribution is -2.67. The van der Waals surface area contributed by atoms with Crippen molar-refractivity contribution < 1.29 is 14.3 Å². The first kappa shape index (κ1) is 18.0. The predicted molar refractivity (Wildman–Crippen MR) is 96.8 cm³/mol. The number of rotatable bonds is 5. The van der Waals surface area contributed by atoms with E-state index in [1.807, 2.05) is 31.2 Å². The molecule has 138 valence electrons. The number of para-hydroxylation sites is 1. The first-order valence-electron chi connectivity index (χ1n) is 8.59. The molecule has 1 saturated heterocycles. The number of nitrogens with zero attached hydrogens (tertiary/aromatic N) is 3. The van der Waals surface area contributed by atoms with Gasteiger partial charge in [-0.25, -0.2) is 0 Å². The molecule has 1 unspecified atom stereocenters. The first-order valence-corrected chi connectivity index (χ1v) is 8.59. The molecule has 1 atom stereocenters. The lowest BCUT2D eigenvalue weighted by Gasteiger charge is -2.48. The Morgan fingerprint density at radius 2 is 2.08 bits per heavy atom. The van der Waals surface area contributed by atoms with Crippen LogP contribution in [0.2, 0.25) is 0 Å². The van der Waals surface area contributed by atoms with Gasteiger partial charge in [0.15, 0.2) is 5.69 Å². The number of aryl methyl sites for hydroxylation is 2. The fraction of sp³-hybridized carbons (Fsp3) is 0.421. The van der Waals surface area contributed by atoms with Crippen molar-refractivity contribution in [1.29, 1.82) is 0 Å². The lowest BCUT2D eigenvalue weighted by atomic mass is 9.85. The normalized spacial score (nSPS) is 19.0. The maximum absolute atomic E-state index is 12.8. The van der Waals surface area contributed by atoms with Gasteiger partial charge in [-0.05, 0) is 32.4 Å². The molecule has 2 aromatic rings. The van der Waals surface area contributed by atoms with E-state index in [9.17, 15) is 9.59 Å². The van der Waals surface area contributed by atoms with Crippen LogP contribution in [-0.2, 0) is 18.4 Å². The number of benzene rings is 1. The van der Waals surface area contributed by atoms with Crippen LogP contribution in [-0.4, -0.2) is 45.7 Å². The molecule has 1 aliphatic heterocycles. The molecular formula is C19H24N4O3. The Hall–Kier alpha value is -2.83. The van der Waals surface area contributed by atoms with Crippen molar-refractivity contribution in [2.24, 2.45) is 7.05 Å². The number of carbonyl (C=O) groups excluding carboxylic acids is 2. The molecule has 1 aromatic heterocycles. The minimum absolute atomic E-state index is 0.171. The van der Waals surface area contributed by atoms with Crippen LogP contribution >= 0.6 is 0 Å². The molecule has 1 N–H and O–H groups in total. The molecule has 3 rings (SSSR count). The third-order valence-electron chi connectivity index (χ3n) is 5.12. The highest BCUT2D eigenvalue weighted by Gasteiger charge is 2.50. The third-order valence-corrected chi connectivity index (χ3v) is 5.12. The SMILES string of the molecule is COc1ccccc1CNC(=O)C1(C)CCN1C(=O)c1cc(C)n(C)n1. The van der Waals surface area contributed by atoms with Crippen molar-refractivity contribution in [1.82, 2.24) is 20.0 Å². The van der Waals surface area contributed by atoms with Crippen LogP contribution in [0.3, 0.4) is 0 Å². The van der Waals surface area contributed by atoms with Gasteiger partial charge in [0.05, 0.1) is 7.11 Å². The summed E-state index contributed by atoms with van der Waals surface area (Å²) in [6.45, 7) is 4.58. The molecule has 2 heterocycles. The van der Waals surface area contributed by atoms with Crippen molar-refractivity contribution in [3.63, 3.8) is 0 Å². The monoisotopic (exact) mass is 356 g/mol. The Kier molecular flexibility index (Phi) is 4.71. The number of methoxy groups -OCH3 is 1. The molecule has 26 heavy (non-hydrogen) atoms. The summed E-state index contributed by atoms with van der Waals surface area (Å²) in [6, 6.07) is 9.28. The molecule has 0 bridgehead atoms. The second-order valence-electron chi connectivity index (χ2n) is 6.77. The molecule has 1 aromatic carbocycles. The van der Waals surface area contributed by atoms with Crippen molar-refractivity contribution in [2.75, 3.05) is 13.7 Å². The van der Waals surface area contributed by atoms with Crippen molar-refractivity contribution in [3.8, 4) is 5.75 Å². The van der Waals surface area contributed by atoms with Crippen LogP contribution in [0, 0.1) is 6.92 Å². The van der Waals surface area contributed by atoms with E-state index in [1.165, 1.54) is 0 Å². The van der Waals surface area contributed by atoms with E-state index in [2.05, 4.69) is 10.4 Å². The summed E-state index contributed by atoms with van der Waals surface area (Å²) in [5.74, 6) is 0.342.